The molecule has 0 spiro atoms. The molecule has 0 unspecified atom stereocenters. The molecule has 0 atom stereocenters. The van der Waals surface area contributed by atoms with Crippen molar-refractivity contribution in [3.8, 4) is 0 Å². The van der Waals surface area contributed by atoms with Crippen LogP contribution in [0.5, 0.6) is 0 Å². The third-order valence-corrected chi connectivity index (χ3v) is 2.34. The third-order valence-electron chi connectivity index (χ3n) is 2.34. The zero-order valence-electron chi connectivity index (χ0n) is 8.12. The number of carbonyl (C=O) groups is 1. The number of anilines is 1. The van der Waals surface area contributed by atoms with Gasteiger partial charge in [-0.25, -0.2) is 4.79 Å². The van der Waals surface area contributed by atoms with Crippen LogP contribution in [-0.4, -0.2) is 17.7 Å². The molecule has 0 bridgehead atoms. The van der Waals surface area contributed by atoms with Crippen LogP contribution >= 0.6 is 12.4 Å². The van der Waals surface area contributed by atoms with Gasteiger partial charge in [-0.15, -0.1) is 12.4 Å². The zero-order valence-corrected chi connectivity index (χ0v) is 8.93. The molecular formula is C10H13ClN2O2. The van der Waals surface area contributed by atoms with Crippen LogP contribution in [-0.2, 0) is 13.0 Å². The zero-order chi connectivity index (χ0) is 9.97. The van der Waals surface area contributed by atoms with E-state index in [9.17, 15) is 4.79 Å². The molecule has 1 aliphatic heterocycles. The molecule has 1 heterocycles. The normalized spacial score (nSPS) is 13.6. The molecule has 2 rings (SSSR count). The average molecular weight is 229 g/mol. The predicted octanol–water partition coefficient (Wildman–Crippen LogP) is 1.84. The highest BCUT2D eigenvalue weighted by Gasteiger charge is 2.09. The van der Waals surface area contributed by atoms with Gasteiger partial charge in [0.05, 0.1) is 0 Å². The van der Waals surface area contributed by atoms with Crippen LogP contribution in [0.25, 0.3) is 0 Å². The van der Waals surface area contributed by atoms with E-state index in [-0.39, 0.29) is 12.4 Å². The summed E-state index contributed by atoms with van der Waals surface area (Å²) in [4.78, 5) is 10.4. The fraction of sp³-hybridized carbons (Fsp3) is 0.300. The Morgan fingerprint density at radius 2 is 2.20 bits per heavy atom. The number of nitrogens with one attached hydrogen (secondary N) is 2. The Morgan fingerprint density at radius 1 is 1.40 bits per heavy atom. The first kappa shape index (κ1) is 11.8. The molecule has 0 fully saturated rings. The van der Waals surface area contributed by atoms with Gasteiger partial charge in [-0.2, -0.15) is 0 Å². The van der Waals surface area contributed by atoms with E-state index in [0.717, 1.165) is 19.5 Å². The first-order valence-corrected chi connectivity index (χ1v) is 4.58. The summed E-state index contributed by atoms with van der Waals surface area (Å²) < 4.78 is 0. The van der Waals surface area contributed by atoms with Crippen molar-refractivity contribution in [2.24, 2.45) is 0 Å². The summed E-state index contributed by atoms with van der Waals surface area (Å²) in [5.41, 5.74) is 3.14. The number of amides is 1. The average Bonchev–Trinajstić information content (AvgIpc) is 2.17. The number of benzene rings is 1. The van der Waals surface area contributed by atoms with Gasteiger partial charge in [0.15, 0.2) is 0 Å². The Bertz CT molecular complexity index is 368. The van der Waals surface area contributed by atoms with Crippen molar-refractivity contribution in [1.29, 1.82) is 0 Å². The number of rotatable bonds is 1. The number of hydrogen-bond acceptors (Lipinski definition) is 2. The third kappa shape index (κ3) is 2.84. The van der Waals surface area contributed by atoms with Gasteiger partial charge >= 0.3 is 6.09 Å². The Morgan fingerprint density at radius 3 is 2.93 bits per heavy atom. The van der Waals surface area contributed by atoms with Gasteiger partial charge in [0, 0.05) is 12.2 Å². The second-order valence-corrected chi connectivity index (χ2v) is 3.34. The first-order chi connectivity index (χ1) is 6.75. The van der Waals surface area contributed by atoms with Crippen molar-refractivity contribution in [2.45, 2.75) is 13.0 Å². The number of halogens is 1. The number of fused-ring (bicyclic) bond motifs is 1. The van der Waals surface area contributed by atoms with Crippen molar-refractivity contribution < 1.29 is 9.90 Å². The molecule has 1 aliphatic rings. The van der Waals surface area contributed by atoms with Crippen molar-refractivity contribution in [1.82, 2.24) is 5.32 Å². The summed E-state index contributed by atoms with van der Waals surface area (Å²) in [6.45, 7) is 1.84. The minimum Gasteiger partial charge on any atom is -0.465 e. The topological polar surface area (TPSA) is 61.4 Å². The highest BCUT2D eigenvalue weighted by Crippen LogP contribution is 2.18. The van der Waals surface area contributed by atoms with Crippen LogP contribution in [0, 0.1) is 0 Å². The Labute approximate surface area is 94.1 Å². The largest absolute Gasteiger partial charge is 0.465 e. The predicted molar refractivity (Wildman–Crippen MR) is 60.7 cm³/mol. The molecule has 3 N–H and O–H groups in total. The minimum atomic E-state index is -1.01. The maximum Gasteiger partial charge on any atom is 0.409 e. The van der Waals surface area contributed by atoms with Gasteiger partial charge in [0.25, 0.3) is 0 Å². The van der Waals surface area contributed by atoms with Crippen LogP contribution in [0.1, 0.15) is 11.1 Å². The molecule has 0 radical (unpaired) electrons. The van der Waals surface area contributed by atoms with E-state index < -0.39 is 6.09 Å². The fourth-order valence-corrected chi connectivity index (χ4v) is 1.68. The van der Waals surface area contributed by atoms with Gasteiger partial charge in [-0.05, 0) is 36.2 Å². The van der Waals surface area contributed by atoms with Gasteiger partial charge in [0.1, 0.15) is 0 Å². The van der Waals surface area contributed by atoms with Crippen molar-refractivity contribution in [3.05, 3.63) is 29.3 Å². The van der Waals surface area contributed by atoms with E-state index in [1.807, 2.05) is 12.1 Å². The lowest BCUT2D eigenvalue weighted by Gasteiger charge is -2.17. The molecule has 0 saturated carbocycles. The summed E-state index contributed by atoms with van der Waals surface area (Å²) in [6.07, 6.45) is -0.0522. The SMILES string of the molecule is Cl.O=C(O)Nc1ccc2c(c1)CCNC2. The smallest absolute Gasteiger partial charge is 0.409 e. The number of hydrogen-bond donors (Lipinski definition) is 3. The monoisotopic (exact) mass is 228 g/mol. The summed E-state index contributed by atoms with van der Waals surface area (Å²) in [7, 11) is 0. The lowest BCUT2D eigenvalue weighted by molar-refractivity contribution is 0.210. The van der Waals surface area contributed by atoms with E-state index in [1.165, 1.54) is 11.1 Å². The summed E-state index contributed by atoms with van der Waals surface area (Å²) in [6, 6.07) is 5.66. The maximum atomic E-state index is 10.4. The molecule has 0 aliphatic carbocycles. The molecule has 5 heteroatoms. The Hall–Kier alpha value is -1.26. The van der Waals surface area contributed by atoms with Crippen molar-refractivity contribution in [3.63, 3.8) is 0 Å². The first-order valence-electron chi connectivity index (χ1n) is 4.58. The van der Waals surface area contributed by atoms with E-state index >= 15 is 0 Å². The maximum absolute atomic E-state index is 10.4. The van der Waals surface area contributed by atoms with E-state index in [0.29, 0.717) is 5.69 Å². The molecule has 1 aromatic carbocycles. The lowest BCUT2D eigenvalue weighted by Crippen LogP contribution is -2.23. The molecule has 0 aromatic heterocycles. The van der Waals surface area contributed by atoms with E-state index in [4.69, 9.17) is 5.11 Å². The van der Waals surface area contributed by atoms with Gasteiger partial charge in [-0.3, -0.25) is 5.32 Å². The fourth-order valence-electron chi connectivity index (χ4n) is 1.68. The van der Waals surface area contributed by atoms with Gasteiger partial charge < -0.3 is 10.4 Å². The number of carboxylic acid groups (broad SMARTS) is 1. The Kier molecular flexibility index (Phi) is 3.94. The van der Waals surface area contributed by atoms with Crippen LogP contribution in [0.2, 0.25) is 0 Å². The summed E-state index contributed by atoms with van der Waals surface area (Å²) in [5.74, 6) is 0. The highest BCUT2D eigenvalue weighted by molar-refractivity contribution is 5.85. The van der Waals surface area contributed by atoms with Crippen molar-refractivity contribution in [2.75, 3.05) is 11.9 Å². The van der Waals surface area contributed by atoms with Crippen LogP contribution in [0.15, 0.2) is 18.2 Å². The molecule has 0 saturated heterocycles. The molecule has 4 nitrogen and oxygen atoms in total. The highest BCUT2D eigenvalue weighted by atomic mass is 35.5. The van der Waals surface area contributed by atoms with E-state index in [2.05, 4.69) is 10.6 Å². The summed E-state index contributed by atoms with van der Waals surface area (Å²) >= 11 is 0. The molecule has 1 aromatic rings. The summed E-state index contributed by atoms with van der Waals surface area (Å²) in [5, 5.41) is 14.2. The van der Waals surface area contributed by atoms with Crippen LogP contribution in [0.3, 0.4) is 0 Å². The van der Waals surface area contributed by atoms with E-state index in [1.54, 1.807) is 6.07 Å². The molecular weight excluding hydrogens is 216 g/mol. The van der Waals surface area contributed by atoms with Crippen LogP contribution in [0.4, 0.5) is 10.5 Å². The standard InChI is InChI=1S/C10H12N2O2.ClH/c13-10(14)12-9-2-1-8-6-11-4-3-7(8)5-9;/h1-2,5,11-12H,3-4,6H2,(H,13,14);1H. The van der Waals surface area contributed by atoms with Crippen LogP contribution < -0.4 is 10.6 Å². The van der Waals surface area contributed by atoms with Gasteiger partial charge in [0.2, 0.25) is 0 Å². The molecule has 15 heavy (non-hydrogen) atoms. The van der Waals surface area contributed by atoms with Crippen molar-refractivity contribution >= 4 is 24.2 Å². The molecule has 82 valence electrons. The lowest BCUT2D eigenvalue weighted by atomic mass is 10.0. The van der Waals surface area contributed by atoms with Gasteiger partial charge in [-0.1, -0.05) is 6.07 Å². The minimum absolute atomic E-state index is 0. The second kappa shape index (κ2) is 5.00. The molecule has 1 amide bonds. The Balaban J connectivity index is 0.00000112. The quantitative estimate of drug-likeness (QED) is 0.688. The second-order valence-electron chi connectivity index (χ2n) is 3.34.